The Morgan fingerprint density at radius 2 is 1.68 bits per heavy atom. The van der Waals surface area contributed by atoms with Gasteiger partial charge in [-0.15, -0.1) is 0 Å². The molecule has 0 aromatic heterocycles. The molecule has 2 amide bonds. The summed E-state index contributed by atoms with van der Waals surface area (Å²) in [5, 5.41) is 25.9. The lowest BCUT2D eigenvalue weighted by Gasteiger charge is -2.37. The molecule has 0 saturated heterocycles. The normalized spacial score (nSPS) is 16.4. The molecule has 0 spiro atoms. The van der Waals surface area contributed by atoms with Crippen LogP contribution in [0.2, 0.25) is 0 Å². The lowest BCUT2D eigenvalue weighted by molar-refractivity contribution is -0.147. The number of rotatable bonds is 17. The number of carbonyl (C=O) groups excluding carboxylic acids is 3. The monoisotopic (exact) mass is 483 g/mol. The second-order valence-electron chi connectivity index (χ2n) is 10.0. The van der Waals surface area contributed by atoms with E-state index in [2.05, 4.69) is 10.6 Å². The van der Waals surface area contributed by atoms with Crippen LogP contribution < -0.4 is 10.6 Å². The minimum absolute atomic E-state index is 0.0970. The summed E-state index contributed by atoms with van der Waals surface area (Å²) in [6.07, 6.45) is 5.13. The van der Waals surface area contributed by atoms with Crippen LogP contribution in [0.3, 0.4) is 0 Å². The second-order valence-corrected chi connectivity index (χ2v) is 10.0. The highest BCUT2D eigenvalue weighted by Crippen LogP contribution is 2.21. The Labute approximate surface area is 206 Å². The summed E-state index contributed by atoms with van der Waals surface area (Å²) >= 11 is 0. The zero-order valence-corrected chi connectivity index (χ0v) is 22.5. The van der Waals surface area contributed by atoms with Crippen LogP contribution in [-0.4, -0.2) is 77.6 Å². The molecule has 0 bridgehead atoms. The van der Waals surface area contributed by atoms with Gasteiger partial charge in [0, 0.05) is 13.5 Å². The van der Waals surface area contributed by atoms with E-state index in [-0.39, 0.29) is 36.6 Å². The third-order valence-electron chi connectivity index (χ3n) is 6.16. The van der Waals surface area contributed by atoms with E-state index in [0.717, 1.165) is 6.42 Å². The first kappa shape index (κ1) is 32.2. The zero-order chi connectivity index (χ0) is 26.4. The number of hydrogen-bond donors (Lipinski definition) is 4. The molecule has 0 aliphatic carbocycles. The summed E-state index contributed by atoms with van der Waals surface area (Å²) < 4.78 is 0. The molecule has 8 heteroatoms. The summed E-state index contributed by atoms with van der Waals surface area (Å²) in [6, 6.07) is -2.26. The smallest absolute Gasteiger partial charge is 0.245 e. The highest BCUT2D eigenvalue weighted by atomic mass is 16.3. The van der Waals surface area contributed by atoms with Gasteiger partial charge in [-0.05, 0) is 44.1 Å². The van der Waals surface area contributed by atoms with E-state index in [9.17, 15) is 19.5 Å². The Morgan fingerprint density at radius 3 is 2.15 bits per heavy atom. The second kappa shape index (κ2) is 16.8. The van der Waals surface area contributed by atoms with Gasteiger partial charge in [-0.3, -0.25) is 14.4 Å². The summed E-state index contributed by atoms with van der Waals surface area (Å²) in [6.45, 7) is 11.5. The zero-order valence-electron chi connectivity index (χ0n) is 22.5. The lowest BCUT2D eigenvalue weighted by Crippen LogP contribution is -2.59. The molecule has 8 nitrogen and oxygen atoms in total. The highest BCUT2D eigenvalue weighted by Gasteiger charge is 2.39. The van der Waals surface area contributed by atoms with Crippen molar-refractivity contribution in [1.82, 2.24) is 15.5 Å². The number of aliphatic hydroxyl groups excluding tert-OH is 2. The maximum Gasteiger partial charge on any atom is 0.245 e. The highest BCUT2D eigenvalue weighted by molar-refractivity contribution is 5.94. The molecule has 0 aromatic rings. The number of aliphatic hydroxyl groups is 2. The topological polar surface area (TPSA) is 119 Å². The maximum atomic E-state index is 13.5. The van der Waals surface area contributed by atoms with Crippen molar-refractivity contribution in [3.8, 4) is 0 Å². The molecular weight excluding hydrogens is 434 g/mol. The van der Waals surface area contributed by atoms with E-state index in [4.69, 9.17) is 5.11 Å². The number of nitrogens with zero attached hydrogens (tertiary/aromatic N) is 1. The van der Waals surface area contributed by atoms with Crippen LogP contribution in [0.1, 0.15) is 73.6 Å². The van der Waals surface area contributed by atoms with Crippen molar-refractivity contribution in [3.63, 3.8) is 0 Å². The van der Waals surface area contributed by atoms with Crippen molar-refractivity contribution in [2.45, 2.75) is 97.9 Å². The molecule has 1 unspecified atom stereocenters. The first-order chi connectivity index (χ1) is 15.9. The van der Waals surface area contributed by atoms with Gasteiger partial charge in [0.1, 0.15) is 12.1 Å². The van der Waals surface area contributed by atoms with Gasteiger partial charge in [-0.1, -0.05) is 60.1 Å². The predicted octanol–water partition coefficient (Wildman–Crippen LogP) is 2.28. The summed E-state index contributed by atoms with van der Waals surface area (Å²) in [5.74, 6) is -1.05. The third-order valence-corrected chi connectivity index (χ3v) is 6.16. The van der Waals surface area contributed by atoms with Gasteiger partial charge < -0.3 is 25.7 Å². The number of nitrogens with one attached hydrogen (secondary N) is 2. The van der Waals surface area contributed by atoms with Gasteiger partial charge in [-0.25, -0.2) is 0 Å². The molecule has 0 radical (unpaired) electrons. The Kier molecular flexibility index (Phi) is 15.9. The van der Waals surface area contributed by atoms with Gasteiger partial charge in [0.15, 0.2) is 5.78 Å². The molecule has 0 aromatic carbocycles. The quantitative estimate of drug-likeness (QED) is 0.236. The number of amides is 2. The van der Waals surface area contributed by atoms with E-state index in [1.54, 1.807) is 19.2 Å². The van der Waals surface area contributed by atoms with Crippen LogP contribution in [0, 0.1) is 17.8 Å². The molecule has 34 heavy (non-hydrogen) atoms. The molecular formula is C26H49N3O5. The first-order valence-electron chi connectivity index (χ1n) is 12.6. The fourth-order valence-electron chi connectivity index (χ4n) is 3.92. The molecule has 0 rings (SSSR count). The van der Waals surface area contributed by atoms with E-state index >= 15 is 0 Å². The summed E-state index contributed by atoms with van der Waals surface area (Å²) in [5.41, 5.74) is 0. The summed E-state index contributed by atoms with van der Waals surface area (Å²) in [7, 11) is 3.25. The van der Waals surface area contributed by atoms with Crippen LogP contribution >= 0.6 is 0 Å². The van der Waals surface area contributed by atoms with Crippen LogP contribution in [-0.2, 0) is 14.4 Å². The van der Waals surface area contributed by atoms with E-state index in [1.807, 2.05) is 41.5 Å². The third kappa shape index (κ3) is 10.7. The minimum atomic E-state index is -1.07. The number of hydrogen-bond acceptors (Lipinski definition) is 6. The Hall–Kier alpha value is -1.77. The average Bonchev–Trinajstić information content (AvgIpc) is 2.78. The van der Waals surface area contributed by atoms with Crippen molar-refractivity contribution in [3.05, 3.63) is 12.2 Å². The largest absolute Gasteiger partial charge is 0.392 e. The van der Waals surface area contributed by atoms with Gasteiger partial charge in [0.25, 0.3) is 0 Å². The Morgan fingerprint density at radius 1 is 1.06 bits per heavy atom. The van der Waals surface area contributed by atoms with Crippen molar-refractivity contribution < 1.29 is 24.6 Å². The molecule has 0 saturated carbocycles. The SMILES string of the molecule is CCCCC(=O)C([C@H](O)[C@H](C)C/C=C/CO)N(C)C(=O)[C@@H](NC(=O)[C@H](CC(C)C)NC)C(C)C. The van der Waals surface area contributed by atoms with E-state index in [0.29, 0.717) is 25.2 Å². The maximum absolute atomic E-state index is 13.5. The standard InChI is InChI=1S/C26H49N3O5/c1-9-10-14-21(31)23(24(32)19(6)13-11-12-15-30)29(8)26(34)22(18(4)5)28-25(33)20(27-7)16-17(2)3/h11-12,17-20,22-24,27,30,32H,9-10,13-16H2,1-8H3,(H,28,33)/b12-11+/t19-,20+,22+,23?,24-/m1/s1. The van der Waals surface area contributed by atoms with E-state index < -0.39 is 30.1 Å². The first-order valence-corrected chi connectivity index (χ1v) is 12.6. The molecule has 0 fully saturated rings. The van der Waals surface area contributed by atoms with Crippen molar-refractivity contribution in [2.75, 3.05) is 20.7 Å². The molecule has 0 aliphatic rings. The molecule has 4 N–H and O–H groups in total. The van der Waals surface area contributed by atoms with Crippen molar-refractivity contribution >= 4 is 17.6 Å². The average molecular weight is 484 g/mol. The van der Waals surface area contributed by atoms with Crippen LogP contribution in [0.5, 0.6) is 0 Å². The number of likely N-dealkylation sites (N-methyl/N-ethyl adjacent to an activating group) is 2. The van der Waals surface area contributed by atoms with Crippen LogP contribution in [0.25, 0.3) is 0 Å². The molecule has 0 heterocycles. The van der Waals surface area contributed by atoms with Gasteiger partial charge in [0.2, 0.25) is 11.8 Å². The number of carbonyl (C=O) groups is 3. The fourth-order valence-corrected chi connectivity index (χ4v) is 3.92. The van der Waals surface area contributed by atoms with Gasteiger partial charge in [-0.2, -0.15) is 0 Å². The van der Waals surface area contributed by atoms with E-state index in [1.165, 1.54) is 11.9 Å². The summed E-state index contributed by atoms with van der Waals surface area (Å²) in [4.78, 5) is 40.9. The minimum Gasteiger partial charge on any atom is -0.392 e. The number of unbranched alkanes of at least 4 members (excludes halogenated alkanes) is 1. The number of ketones is 1. The van der Waals surface area contributed by atoms with Gasteiger partial charge in [0.05, 0.1) is 18.8 Å². The number of Topliss-reactive ketones (excluding diaryl/α,β-unsaturated/α-hetero) is 1. The Balaban J connectivity index is 5.82. The molecule has 198 valence electrons. The fraction of sp³-hybridized carbons (Fsp3) is 0.808. The predicted molar refractivity (Wildman–Crippen MR) is 136 cm³/mol. The van der Waals surface area contributed by atoms with Crippen LogP contribution in [0.4, 0.5) is 0 Å². The van der Waals surface area contributed by atoms with Gasteiger partial charge >= 0.3 is 0 Å². The van der Waals surface area contributed by atoms with Crippen molar-refractivity contribution in [1.29, 1.82) is 0 Å². The number of allylic oxidation sites excluding steroid dienone is 1. The van der Waals surface area contributed by atoms with Crippen molar-refractivity contribution in [2.24, 2.45) is 17.8 Å². The van der Waals surface area contributed by atoms with Crippen LogP contribution in [0.15, 0.2) is 12.2 Å². The molecule has 0 aliphatic heterocycles. The Bertz CT molecular complexity index is 650. The molecule has 5 atom stereocenters. The lowest BCUT2D eigenvalue weighted by atomic mass is 9.89.